The van der Waals surface area contributed by atoms with Crippen LogP contribution in [0.1, 0.15) is 54.2 Å². The Labute approximate surface area is 152 Å². The number of benzene rings is 2. The molecule has 1 fully saturated rings. The number of carbonyl (C=O) groups is 1. The Balaban J connectivity index is 1.71. The van der Waals surface area contributed by atoms with Gasteiger partial charge in [0.05, 0.1) is 11.1 Å². The molecule has 1 aliphatic carbocycles. The molecule has 26 heavy (non-hydrogen) atoms. The first-order valence-electron chi connectivity index (χ1n) is 9.08. The number of hydrogen-bond donors (Lipinski definition) is 2. The first kappa shape index (κ1) is 16.5. The van der Waals surface area contributed by atoms with E-state index in [1.807, 2.05) is 24.3 Å². The highest BCUT2D eigenvalue weighted by Gasteiger charge is 2.20. The molecule has 4 rings (SSSR count). The van der Waals surface area contributed by atoms with E-state index in [0.29, 0.717) is 5.92 Å². The molecule has 0 bridgehead atoms. The van der Waals surface area contributed by atoms with E-state index in [0.717, 1.165) is 41.1 Å². The Hall–Kier alpha value is -2.95. The lowest BCUT2D eigenvalue weighted by molar-refractivity contribution is 0.0697. The molecule has 0 saturated heterocycles. The van der Waals surface area contributed by atoms with Crippen molar-refractivity contribution in [3.63, 3.8) is 0 Å². The van der Waals surface area contributed by atoms with Gasteiger partial charge in [-0.25, -0.2) is 14.8 Å². The minimum atomic E-state index is -0.927. The van der Waals surface area contributed by atoms with Crippen LogP contribution >= 0.6 is 0 Å². The fourth-order valence-corrected chi connectivity index (χ4v) is 3.57. The summed E-state index contributed by atoms with van der Waals surface area (Å²) in [6.07, 6.45) is 6.06. The molecule has 5 heteroatoms. The number of para-hydroxylation sites is 1. The molecule has 1 heterocycles. The summed E-state index contributed by atoms with van der Waals surface area (Å²) < 4.78 is 0. The zero-order valence-electron chi connectivity index (χ0n) is 14.5. The van der Waals surface area contributed by atoms with Gasteiger partial charge in [-0.3, -0.25) is 0 Å². The minimum absolute atomic E-state index is 0.269. The molecule has 3 aromatic rings. The second-order valence-corrected chi connectivity index (χ2v) is 6.79. The lowest BCUT2D eigenvalue weighted by Gasteiger charge is -2.21. The number of aromatic nitrogens is 2. The van der Waals surface area contributed by atoms with Gasteiger partial charge in [-0.1, -0.05) is 31.4 Å². The number of anilines is 2. The van der Waals surface area contributed by atoms with Gasteiger partial charge in [0, 0.05) is 17.0 Å². The number of rotatable bonds is 4. The van der Waals surface area contributed by atoms with Crippen molar-refractivity contribution in [1.82, 2.24) is 9.97 Å². The van der Waals surface area contributed by atoms with Gasteiger partial charge in [-0.05, 0) is 49.2 Å². The lowest BCUT2D eigenvalue weighted by Crippen LogP contribution is -2.10. The highest BCUT2D eigenvalue weighted by molar-refractivity contribution is 5.91. The number of aromatic carboxylic acids is 1. The summed E-state index contributed by atoms with van der Waals surface area (Å²) in [6.45, 7) is 0. The highest BCUT2D eigenvalue weighted by Crippen LogP contribution is 2.33. The summed E-state index contributed by atoms with van der Waals surface area (Å²) in [5, 5.41) is 13.4. The van der Waals surface area contributed by atoms with Crippen LogP contribution in [0.2, 0.25) is 0 Å². The van der Waals surface area contributed by atoms with Gasteiger partial charge < -0.3 is 10.4 Å². The molecule has 1 aromatic heterocycles. The molecule has 1 saturated carbocycles. The quantitative estimate of drug-likeness (QED) is 0.685. The average molecular weight is 347 g/mol. The Morgan fingerprint density at radius 2 is 1.69 bits per heavy atom. The van der Waals surface area contributed by atoms with Crippen LogP contribution < -0.4 is 5.32 Å². The highest BCUT2D eigenvalue weighted by atomic mass is 16.4. The lowest BCUT2D eigenvalue weighted by atomic mass is 9.88. The minimum Gasteiger partial charge on any atom is -0.478 e. The summed E-state index contributed by atoms with van der Waals surface area (Å²) >= 11 is 0. The van der Waals surface area contributed by atoms with Crippen molar-refractivity contribution in [2.24, 2.45) is 0 Å². The number of fused-ring (bicyclic) bond motifs is 1. The van der Waals surface area contributed by atoms with Crippen molar-refractivity contribution in [3.05, 3.63) is 59.9 Å². The fourth-order valence-electron chi connectivity index (χ4n) is 3.57. The second-order valence-electron chi connectivity index (χ2n) is 6.79. The number of carboxylic acids is 1. The Bertz CT molecular complexity index is 932. The Morgan fingerprint density at radius 1 is 0.962 bits per heavy atom. The molecule has 0 radical (unpaired) electrons. The molecular formula is C21H21N3O2. The van der Waals surface area contributed by atoms with Gasteiger partial charge in [0.15, 0.2) is 0 Å². The van der Waals surface area contributed by atoms with E-state index in [2.05, 4.69) is 5.32 Å². The molecule has 0 aliphatic heterocycles. The van der Waals surface area contributed by atoms with Crippen LogP contribution in [-0.2, 0) is 0 Å². The normalized spacial score (nSPS) is 15.1. The van der Waals surface area contributed by atoms with Crippen LogP contribution in [0.3, 0.4) is 0 Å². The van der Waals surface area contributed by atoms with Crippen molar-refractivity contribution < 1.29 is 9.90 Å². The monoisotopic (exact) mass is 347 g/mol. The zero-order chi connectivity index (χ0) is 17.9. The van der Waals surface area contributed by atoms with Crippen molar-refractivity contribution in [1.29, 1.82) is 0 Å². The van der Waals surface area contributed by atoms with E-state index in [-0.39, 0.29) is 5.56 Å². The van der Waals surface area contributed by atoms with Crippen LogP contribution in [0.15, 0.2) is 48.5 Å². The van der Waals surface area contributed by atoms with Crippen molar-refractivity contribution in [2.45, 2.75) is 38.0 Å². The van der Waals surface area contributed by atoms with Crippen molar-refractivity contribution in [2.75, 3.05) is 5.32 Å². The first-order valence-corrected chi connectivity index (χ1v) is 9.08. The number of hydrogen-bond acceptors (Lipinski definition) is 4. The van der Waals surface area contributed by atoms with E-state index in [4.69, 9.17) is 15.1 Å². The molecule has 0 unspecified atom stereocenters. The van der Waals surface area contributed by atoms with Crippen LogP contribution in [0.25, 0.3) is 10.9 Å². The predicted octanol–water partition coefficient (Wildman–Crippen LogP) is 5.12. The summed E-state index contributed by atoms with van der Waals surface area (Å²) in [5.41, 5.74) is 2.02. The number of nitrogens with one attached hydrogen (secondary N) is 1. The smallest absolute Gasteiger partial charge is 0.335 e. The maximum Gasteiger partial charge on any atom is 0.335 e. The molecular weight excluding hydrogens is 326 g/mol. The van der Waals surface area contributed by atoms with E-state index in [9.17, 15) is 4.79 Å². The summed E-state index contributed by atoms with van der Waals surface area (Å²) in [5.74, 6) is 1.18. The largest absolute Gasteiger partial charge is 0.478 e. The second kappa shape index (κ2) is 7.12. The van der Waals surface area contributed by atoms with Crippen LogP contribution in [-0.4, -0.2) is 21.0 Å². The maximum absolute atomic E-state index is 11.0. The van der Waals surface area contributed by atoms with Gasteiger partial charge in [-0.15, -0.1) is 0 Å². The zero-order valence-corrected chi connectivity index (χ0v) is 14.5. The third kappa shape index (κ3) is 3.38. The summed E-state index contributed by atoms with van der Waals surface area (Å²) in [4.78, 5) is 20.7. The number of nitrogens with zero attached hydrogens (tertiary/aromatic N) is 2. The molecule has 0 amide bonds. The predicted molar refractivity (Wildman–Crippen MR) is 102 cm³/mol. The third-order valence-electron chi connectivity index (χ3n) is 4.99. The molecule has 1 aliphatic rings. The molecule has 5 nitrogen and oxygen atoms in total. The first-order chi connectivity index (χ1) is 12.7. The van der Waals surface area contributed by atoms with Gasteiger partial charge in [0.2, 0.25) is 0 Å². The van der Waals surface area contributed by atoms with Crippen molar-refractivity contribution >= 4 is 28.4 Å². The molecule has 0 spiro atoms. The summed E-state index contributed by atoms with van der Waals surface area (Å²) in [6, 6.07) is 14.7. The van der Waals surface area contributed by atoms with Crippen LogP contribution in [0.5, 0.6) is 0 Å². The molecule has 2 aromatic carbocycles. The SMILES string of the molecule is O=C(O)c1ccc(Nc2nc(C3CCCCC3)nc3ccccc23)cc1. The van der Waals surface area contributed by atoms with Crippen LogP contribution in [0, 0.1) is 0 Å². The molecule has 2 N–H and O–H groups in total. The molecule has 0 atom stereocenters. The summed E-state index contributed by atoms with van der Waals surface area (Å²) in [7, 11) is 0. The van der Waals surface area contributed by atoms with Crippen molar-refractivity contribution in [3.8, 4) is 0 Å². The third-order valence-corrected chi connectivity index (χ3v) is 4.99. The van der Waals surface area contributed by atoms with E-state index >= 15 is 0 Å². The van der Waals surface area contributed by atoms with Gasteiger partial charge in [0.1, 0.15) is 11.6 Å². The molecule has 132 valence electrons. The van der Waals surface area contributed by atoms with Gasteiger partial charge in [-0.2, -0.15) is 0 Å². The van der Waals surface area contributed by atoms with E-state index in [1.165, 1.54) is 19.3 Å². The van der Waals surface area contributed by atoms with E-state index in [1.54, 1.807) is 24.3 Å². The van der Waals surface area contributed by atoms with Crippen LogP contribution in [0.4, 0.5) is 11.5 Å². The Morgan fingerprint density at radius 3 is 2.42 bits per heavy atom. The maximum atomic E-state index is 11.0. The number of carboxylic acid groups (broad SMARTS) is 1. The van der Waals surface area contributed by atoms with Gasteiger partial charge >= 0.3 is 5.97 Å². The standard InChI is InChI=1S/C21H21N3O2/c25-21(26)15-10-12-16(13-11-15)22-20-17-8-4-5-9-18(17)23-19(24-20)14-6-2-1-3-7-14/h4-5,8-14H,1-3,6-7H2,(H,25,26)(H,22,23,24). The fraction of sp³-hybridized carbons (Fsp3) is 0.286. The average Bonchev–Trinajstić information content (AvgIpc) is 2.69. The Kier molecular flexibility index (Phi) is 4.52. The van der Waals surface area contributed by atoms with E-state index < -0.39 is 5.97 Å². The topological polar surface area (TPSA) is 75.1 Å². The van der Waals surface area contributed by atoms with Gasteiger partial charge in [0.25, 0.3) is 0 Å².